The van der Waals surface area contributed by atoms with Gasteiger partial charge in [-0.25, -0.2) is 9.59 Å². The average molecular weight is 531 g/mol. The van der Waals surface area contributed by atoms with E-state index in [2.05, 4.69) is 10.6 Å². The van der Waals surface area contributed by atoms with E-state index in [1.54, 1.807) is 27.7 Å². The molecule has 0 radical (unpaired) electrons. The van der Waals surface area contributed by atoms with Crippen LogP contribution in [0.2, 0.25) is 0 Å². The highest BCUT2D eigenvalue weighted by Crippen LogP contribution is 2.30. The molecule has 0 aliphatic carbocycles. The van der Waals surface area contributed by atoms with Gasteiger partial charge in [-0.2, -0.15) is 11.8 Å². The Morgan fingerprint density at radius 3 is 1.94 bits per heavy atom. The number of alkyl carbamates (subject to hydrolysis) is 2. The van der Waals surface area contributed by atoms with Gasteiger partial charge in [0.15, 0.2) is 11.6 Å². The van der Waals surface area contributed by atoms with Crippen molar-refractivity contribution >= 4 is 35.5 Å². The molecule has 10 heteroatoms. The van der Waals surface area contributed by atoms with E-state index in [1.165, 1.54) is 14.2 Å². The van der Waals surface area contributed by atoms with Crippen molar-refractivity contribution in [2.45, 2.75) is 97.9 Å². The van der Waals surface area contributed by atoms with Crippen LogP contribution in [-0.4, -0.2) is 73.3 Å². The van der Waals surface area contributed by atoms with E-state index in [0.717, 1.165) is 24.3 Å². The van der Waals surface area contributed by atoms with E-state index in [1.807, 2.05) is 32.5 Å². The van der Waals surface area contributed by atoms with Gasteiger partial charge in [0.05, 0.1) is 32.0 Å². The lowest BCUT2D eigenvalue weighted by atomic mass is 9.83. The minimum Gasteiger partial charge on any atom is -0.453 e. The molecule has 0 aromatic heterocycles. The third kappa shape index (κ3) is 10.3. The largest absolute Gasteiger partial charge is 0.453 e. The van der Waals surface area contributed by atoms with Gasteiger partial charge in [-0.15, -0.1) is 0 Å². The number of hydrogen-bond acceptors (Lipinski definition) is 8. The van der Waals surface area contributed by atoms with Crippen LogP contribution < -0.4 is 10.6 Å². The molecule has 4 atom stereocenters. The first kappa shape index (κ1) is 32.2. The minimum absolute atomic E-state index is 0.00528. The van der Waals surface area contributed by atoms with Crippen molar-refractivity contribution in [2.75, 3.05) is 25.7 Å². The second-order valence-electron chi connectivity index (χ2n) is 11.2. The summed E-state index contributed by atoms with van der Waals surface area (Å²) in [6.07, 6.45) is 0.927. The average Bonchev–Trinajstić information content (AvgIpc) is 2.82. The van der Waals surface area contributed by atoms with Crippen molar-refractivity contribution in [1.82, 2.24) is 10.6 Å². The first-order valence-electron chi connectivity index (χ1n) is 12.7. The molecule has 0 saturated carbocycles. The molecule has 1 heterocycles. The highest BCUT2D eigenvalue weighted by molar-refractivity contribution is 7.99. The Balaban J connectivity index is 2.86. The molecule has 1 rings (SSSR count). The van der Waals surface area contributed by atoms with Crippen LogP contribution >= 0.6 is 11.8 Å². The lowest BCUT2D eigenvalue weighted by molar-refractivity contribution is -0.138. The molecule has 0 aromatic rings. The molecule has 1 saturated heterocycles. The summed E-state index contributed by atoms with van der Waals surface area (Å²) in [5, 5.41) is 5.38. The third-order valence-corrected chi connectivity index (χ3v) is 7.67. The van der Waals surface area contributed by atoms with Crippen LogP contribution in [0.1, 0.15) is 74.1 Å². The second kappa shape index (κ2) is 14.2. The first-order valence-corrected chi connectivity index (χ1v) is 13.8. The Hall–Kier alpha value is -1.81. The van der Waals surface area contributed by atoms with Crippen LogP contribution in [0.25, 0.3) is 0 Å². The van der Waals surface area contributed by atoms with Gasteiger partial charge in [-0.1, -0.05) is 27.7 Å². The fourth-order valence-corrected chi connectivity index (χ4v) is 5.49. The summed E-state index contributed by atoms with van der Waals surface area (Å²) in [4.78, 5) is 50.2. The van der Waals surface area contributed by atoms with E-state index in [0.29, 0.717) is 12.8 Å². The van der Waals surface area contributed by atoms with Gasteiger partial charge in [-0.3, -0.25) is 9.59 Å². The molecule has 1 aliphatic heterocycles. The lowest BCUT2D eigenvalue weighted by Gasteiger charge is -2.36. The van der Waals surface area contributed by atoms with E-state index in [9.17, 15) is 19.2 Å². The molecular formula is C26H46N2O7S. The number of hydrogen-bond donors (Lipinski definition) is 2. The highest BCUT2D eigenvalue weighted by atomic mass is 32.2. The maximum Gasteiger partial charge on any atom is 0.407 e. The summed E-state index contributed by atoms with van der Waals surface area (Å²) in [5.41, 5.74) is -1.36. The molecule has 2 amide bonds. The minimum atomic E-state index is -0.881. The van der Waals surface area contributed by atoms with Crippen molar-refractivity contribution < 1.29 is 33.4 Å². The monoisotopic (exact) mass is 530 g/mol. The van der Waals surface area contributed by atoms with Crippen molar-refractivity contribution in [2.24, 2.45) is 17.3 Å². The van der Waals surface area contributed by atoms with Crippen LogP contribution in [0.3, 0.4) is 0 Å². The number of carbonyl (C=O) groups excluding carboxylic acids is 4. The summed E-state index contributed by atoms with van der Waals surface area (Å²) in [7, 11) is 2.54. The van der Waals surface area contributed by atoms with Crippen molar-refractivity contribution in [1.29, 1.82) is 0 Å². The maximum atomic E-state index is 13.4. The molecule has 208 valence electrons. The van der Waals surface area contributed by atoms with Crippen molar-refractivity contribution in [3.05, 3.63) is 0 Å². The van der Waals surface area contributed by atoms with Gasteiger partial charge in [0, 0.05) is 11.3 Å². The SMILES string of the molecule is COC(=O)N[C@H](C(=O)C(C)CCC(C)(C)O[C@H](C)[C@H](NC(=O)OC)C(=O)C(C)(C)C)C1CCSCC1. The standard InChI is InChI=1S/C26H46N2O7S/c1-16(21(29)20(28-24(32)34-9)18-11-14-36-15-12-18)10-13-26(6,7)35-17(2)19(27-23(31)33-8)22(30)25(3,4)5/h16-20H,10-15H2,1-9H3,(H,27,31)(H,28,32)/t16?,17-,19+,20+/m1/s1. The Morgan fingerprint density at radius 1 is 0.917 bits per heavy atom. The molecule has 36 heavy (non-hydrogen) atoms. The maximum absolute atomic E-state index is 13.4. The van der Waals surface area contributed by atoms with Crippen LogP contribution in [0.15, 0.2) is 0 Å². The zero-order chi connectivity index (χ0) is 27.7. The topological polar surface area (TPSA) is 120 Å². The Kier molecular flexibility index (Phi) is 12.7. The summed E-state index contributed by atoms with van der Waals surface area (Å²) in [6.45, 7) is 12.8. The summed E-state index contributed by atoms with van der Waals surface area (Å²) >= 11 is 1.86. The molecule has 1 fully saturated rings. The fraction of sp³-hybridized carbons (Fsp3) is 0.846. The molecule has 9 nitrogen and oxygen atoms in total. The van der Waals surface area contributed by atoms with Gasteiger partial charge in [0.25, 0.3) is 0 Å². The number of ketones is 2. The number of methoxy groups -OCH3 is 2. The van der Waals surface area contributed by atoms with Gasteiger partial charge in [0.1, 0.15) is 6.04 Å². The smallest absolute Gasteiger partial charge is 0.407 e. The molecule has 0 spiro atoms. The van der Waals surface area contributed by atoms with Crippen molar-refractivity contribution in [3.63, 3.8) is 0 Å². The lowest BCUT2D eigenvalue weighted by Crippen LogP contribution is -2.54. The number of thioether (sulfide) groups is 1. The van der Waals surface area contributed by atoms with Crippen LogP contribution in [0, 0.1) is 17.3 Å². The van der Waals surface area contributed by atoms with Crippen LogP contribution in [-0.2, 0) is 23.8 Å². The van der Waals surface area contributed by atoms with Crippen molar-refractivity contribution in [3.8, 4) is 0 Å². The highest BCUT2D eigenvalue weighted by Gasteiger charge is 2.38. The summed E-state index contributed by atoms with van der Waals surface area (Å²) in [6, 6.07) is -1.46. The summed E-state index contributed by atoms with van der Waals surface area (Å²) < 4.78 is 15.7. The third-order valence-electron chi connectivity index (χ3n) is 6.62. The molecule has 1 aliphatic rings. The number of ether oxygens (including phenoxy) is 3. The normalized spacial score (nSPS) is 18.4. The van der Waals surface area contributed by atoms with Crippen LogP contribution in [0.4, 0.5) is 9.59 Å². The van der Waals surface area contributed by atoms with Gasteiger partial charge >= 0.3 is 12.2 Å². The molecular weight excluding hydrogens is 484 g/mol. The number of carbonyl (C=O) groups is 4. The predicted molar refractivity (Wildman–Crippen MR) is 141 cm³/mol. The van der Waals surface area contributed by atoms with E-state index in [-0.39, 0.29) is 23.4 Å². The van der Waals surface area contributed by atoms with E-state index < -0.39 is 41.4 Å². The van der Waals surface area contributed by atoms with Gasteiger partial charge < -0.3 is 24.8 Å². The first-order chi connectivity index (χ1) is 16.6. The number of rotatable bonds is 12. The Morgan fingerprint density at radius 2 is 1.44 bits per heavy atom. The van der Waals surface area contributed by atoms with Gasteiger partial charge in [0.2, 0.25) is 0 Å². The number of Topliss-reactive ketones (excluding diaryl/α,β-unsaturated/α-hetero) is 2. The second-order valence-corrected chi connectivity index (χ2v) is 12.4. The van der Waals surface area contributed by atoms with Gasteiger partial charge in [-0.05, 0) is 63.9 Å². The molecule has 0 bridgehead atoms. The zero-order valence-corrected chi connectivity index (χ0v) is 24.2. The zero-order valence-electron chi connectivity index (χ0n) is 23.4. The Labute approximate surface area is 220 Å². The number of nitrogens with one attached hydrogen (secondary N) is 2. The summed E-state index contributed by atoms with van der Waals surface area (Å²) in [5.74, 6) is 1.56. The number of amides is 2. The molecule has 2 N–H and O–H groups in total. The quantitative estimate of drug-likeness (QED) is 0.382. The van der Waals surface area contributed by atoms with Crippen LogP contribution in [0.5, 0.6) is 0 Å². The van der Waals surface area contributed by atoms with E-state index >= 15 is 0 Å². The Bertz CT molecular complexity index is 760. The predicted octanol–water partition coefficient (Wildman–Crippen LogP) is 4.36. The molecule has 0 aromatic carbocycles. The molecule has 1 unspecified atom stereocenters. The fourth-order valence-electron chi connectivity index (χ4n) is 4.35. The van der Waals surface area contributed by atoms with E-state index in [4.69, 9.17) is 14.2 Å².